The van der Waals surface area contributed by atoms with Crippen molar-refractivity contribution in [2.45, 2.75) is 46.1 Å². The molecule has 0 spiro atoms. The van der Waals surface area contributed by atoms with Crippen molar-refractivity contribution < 1.29 is 19.4 Å². The molecule has 34 heavy (non-hydrogen) atoms. The highest BCUT2D eigenvalue weighted by Gasteiger charge is 2.28. The molecular weight excluding hydrogens is 446 g/mol. The van der Waals surface area contributed by atoms with Crippen LogP contribution in [0, 0.1) is 19.8 Å². The Morgan fingerprint density at radius 1 is 0.971 bits per heavy atom. The maximum Gasteiger partial charge on any atom is 0.309 e. The van der Waals surface area contributed by atoms with E-state index in [0.29, 0.717) is 4.86 Å². The second-order valence-electron chi connectivity index (χ2n) is 8.68. The van der Waals surface area contributed by atoms with Crippen LogP contribution >= 0.6 is 12.2 Å². The van der Waals surface area contributed by atoms with Crippen LogP contribution < -0.4 is 4.74 Å². The first-order valence-corrected chi connectivity index (χ1v) is 11.7. The minimum absolute atomic E-state index is 0.103. The molecule has 1 N–H and O–H groups in total. The van der Waals surface area contributed by atoms with Crippen LogP contribution in [0.5, 0.6) is 11.5 Å². The second kappa shape index (κ2) is 11.3. The third-order valence-electron chi connectivity index (χ3n) is 5.91. The number of esters is 1. The van der Waals surface area contributed by atoms with Gasteiger partial charge in [-0.1, -0.05) is 78.8 Å². The number of carbonyl (C=O) groups is 1. The van der Waals surface area contributed by atoms with Crippen LogP contribution in [-0.2, 0) is 9.53 Å². The molecule has 0 radical (unpaired) electrons. The molecule has 2 atom stereocenters. The number of aromatic nitrogens is 1. The molecule has 0 aliphatic heterocycles. The first-order chi connectivity index (χ1) is 16.2. The number of ether oxygens (including phenoxy) is 2. The highest BCUT2D eigenvalue weighted by atomic mass is 32.1. The number of rotatable bonds is 9. The normalized spacial score (nSPS) is 12.8. The van der Waals surface area contributed by atoms with Gasteiger partial charge in [0.05, 0.1) is 13.0 Å². The Kier molecular flexibility index (Phi) is 8.40. The molecule has 0 fully saturated rings. The summed E-state index contributed by atoms with van der Waals surface area (Å²) in [5.41, 5.74) is 4.77. The number of aromatic hydroxyl groups is 1. The highest BCUT2D eigenvalue weighted by Crippen LogP contribution is 2.32. The lowest BCUT2D eigenvalue weighted by Gasteiger charge is -2.26. The molecule has 0 saturated carbocycles. The summed E-state index contributed by atoms with van der Waals surface area (Å²) >= 11 is 5.47. The Hall–Kier alpha value is -3.25. The molecule has 2 aromatic carbocycles. The third-order valence-corrected chi connectivity index (χ3v) is 6.27. The van der Waals surface area contributed by atoms with Gasteiger partial charge in [0.2, 0.25) is 0 Å². The number of benzene rings is 2. The van der Waals surface area contributed by atoms with E-state index < -0.39 is 12.0 Å². The molecule has 0 unspecified atom stereocenters. The maximum absolute atomic E-state index is 13.0. The molecule has 3 rings (SSSR count). The molecule has 0 saturated heterocycles. The lowest BCUT2D eigenvalue weighted by molar-refractivity contribution is -0.153. The Bertz CT molecular complexity index is 1100. The minimum Gasteiger partial charge on any atom is -0.503 e. The Labute approximate surface area is 206 Å². The van der Waals surface area contributed by atoms with E-state index >= 15 is 0 Å². The number of hydrogen-bond donors (Lipinski definition) is 1. The van der Waals surface area contributed by atoms with Crippen LogP contribution in [0.1, 0.15) is 54.1 Å². The lowest BCUT2D eigenvalue weighted by atomic mass is 9.86. The van der Waals surface area contributed by atoms with Gasteiger partial charge in [0.25, 0.3) is 0 Å². The van der Waals surface area contributed by atoms with E-state index in [2.05, 4.69) is 53.5 Å². The van der Waals surface area contributed by atoms with Crippen molar-refractivity contribution in [3.05, 3.63) is 88.7 Å². The fourth-order valence-electron chi connectivity index (χ4n) is 3.91. The number of carbonyl (C=O) groups excluding carboxylic acids is 1. The van der Waals surface area contributed by atoms with E-state index in [4.69, 9.17) is 21.7 Å². The van der Waals surface area contributed by atoms with E-state index in [9.17, 15) is 9.90 Å². The van der Waals surface area contributed by atoms with Crippen molar-refractivity contribution in [1.82, 2.24) is 4.98 Å². The molecule has 178 valence electrons. The average Bonchev–Trinajstić information content (AvgIpc) is 2.81. The largest absolute Gasteiger partial charge is 0.503 e. The van der Waals surface area contributed by atoms with Crippen molar-refractivity contribution in [3.63, 3.8) is 0 Å². The fraction of sp³-hybridized carbons (Fsp3) is 0.321. The van der Waals surface area contributed by atoms with Gasteiger partial charge in [-0.05, 0) is 38.3 Å². The standard InChI is InChI=1S/C28H31NO4S/c1-17-6-10-21(11-7-17)25(22-12-8-18(2)9-13-22)20(4)33-28(31)19(3)16-24(34)26-27(30)23(32-5)14-15-29-26/h6-15,19-20,25,30H,16H2,1-5H3/t19-,20+/m1/s1. The second-order valence-corrected chi connectivity index (χ2v) is 9.17. The number of methoxy groups -OCH3 is 1. The summed E-state index contributed by atoms with van der Waals surface area (Å²) in [5.74, 6) is -0.785. The first kappa shape index (κ1) is 25.4. The Morgan fingerprint density at radius 2 is 1.50 bits per heavy atom. The van der Waals surface area contributed by atoms with Crippen LogP contribution in [0.4, 0.5) is 0 Å². The van der Waals surface area contributed by atoms with Gasteiger partial charge in [-0.15, -0.1) is 0 Å². The van der Waals surface area contributed by atoms with E-state index in [-0.39, 0.29) is 35.5 Å². The number of aryl methyl sites for hydroxylation is 2. The first-order valence-electron chi connectivity index (χ1n) is 11.3. The van der Waals surface area contributed by atoms with Crippen molar-refractivity contribution in [3.8, 4) is 11.5 Å². The summed E-state index contributed by atoms with van der Waals surface area (Å²) in [6, 6.07) is 18.2. The minimum atomic E-state index is -0.501. The molecule has 6 heteroatoms. The van der Waals surface area contributed by atoms with Gasteiger partial charge in [0.15, 0.2) is 11.5 Å². The van der Waals surface area contributed by atoms with Crippen molar-refractivity contribution in [2.24, 2.45) is 5.92 Å². The lowest BCUT2D eigenvalue weighted by Crippen LogP contribution is -2.27. The van der Waals surface area contributed by atoms with Crippen LogP contribution in [0.3, 0.4) is 0 Å². The summed E-state index contributed by atoms with van der Waals surface area (Å²) in [6.07, 6.45) is 1.35. The van der Waals surface area contributed by atoms with Gasteiger partial charge in [0, 0.05) is 23.0 Å². The number of hydrogen-bond acceptors (Lipinski definition) is 6. The predicted molar refractivity (Wildman–Crippen MR) is 138 cm³/mol. The Morgan fingerprint density at radius 3 is 2.00 bits per heavy atom. The highest BCUT2D eigenvalue weighted by molar-refractivity contribution is 7.80. The third kappa shape index (κ3) is 6.00. The summed E-state index contributed by atoms with van der Waals surface area (Å²) < 4.78 is 11.1. The van der Waals surface area contributed by atoms with Crippen LogP contribution in [0.15, 0.2) is 60.8 Å². The smallest absolute Gasteiger partial charge is 0.309 e. The molecule has 1 heterocycles. The predicted octanol–water partition coefficient (Wildman–Crippen LogP) is 5.92. The SMILES string of the molecule is COc1ccnc(C(=S)C[C@@H](C)C(=O)O[C@@H](C)C(c2ccc(C)cc2)c2ccc(C)cc2)c1O. The van der Waals surface area contributed by atoms with E-state index in [1.54, 1.807) is 13.0 Å². The van der Waals surface area contributed by atoms with Gasteiger partial charge in [-0.25, -0.2) is 0 Å². The fourth-order valence-corrected chi connectivity index (χ4v) is 4.31. The quantitative estimate of drug-likeness (QED) is 0.234. The summed E-state index contributed by atoms with van der Waals surface area (Å²) in [6.45, 7) is 7.79. The van der Waals surface area contributed by atoms with E-state index in [0.717, 1.165) is 11.1 Å². The van der Waals surface area contributed by atoms with Crippen molar-refractivity contribution >= 4 is 23.1 Å². The molecule has 5 nitrogen and oxygen atoms in total. The van der Waals surface area contributed by atoms with Gasteiger partial charge in [-0.3, -0.25) is 9.78 Å². The Balaban J connectivity index is 1.76. The van der Waals surface area contributed by atoms with Gasteiger partial charge in [0.1, 0.15) is 11.8 Å². The zero-order valence-corrected chi connectivity index (χ0v) is 21.1. The molecule has 0 bridgehead atoms. The molecule has 0 aliphatic rings. The van der Waals surface area contributed by atoms with E-state index in [1.807, 2.05) is 20.8 Å². The summed E-state index contributed by atoms with van der Waals surface area (Å²) in [4.78, 5) is 17.5. The number of thiocarbonyl (C=S) groups is 1. The van der Waals surface area contributed by atoms with Crippen LogP contribution in [-0.4, -0.2) is 34.1 Å². The summed E-state index contributed by atoms with van der Waals surface area (Å²) in [7, 11) is 1.46. The van der Waals surface area contributed by atoms with Crippen molar-refractivity contribution in [2.75, 3.05) is 7.11 Å². The summed E-state index contributed by atoms with van der Waals surface area (Å²) in [5, 5.41) is 10.3. The maximum atomic E-state index is 13.0. The zero-order chi connectivity index (χ0) is 24.8. The molecule has 0 amide bonds. The van der Waals surface area contributed by atoms with E-state index in [1.165, 1.54) is 24.4 Å². The van der Waals surface area contributed by atoms with Crippen molar-refractivity contribution in [1.29, 1.82) is 0 Å². The molecular formula is C28H31NO4S. The average molecular weight is 478 g/mol. The van der Waals surface area contributed by atoms with Gasteiger partial charge in [-0.2, -0.15) is 0 Å². The molecule has 0 aliphatic carbocycles. The van der Waals surface area contributed by atoms with Crippen LogP contribution in [0.2, 0.25) is 0 Å². The molecule has 1 aromatic heterocycles. The van der Waals surface area contributed by atoms with Gasteiger partial charge >= 0.3 is 5.97 Å². The molecule has 3 aromatic rings. The zero-order valence-electron chi connectivity index (χ0n) is 20.2. The number of nitrogens with zero attached hydrogens (tertiary/aromatic N) is 1. The topological polar surface area (TPSA) is 68.7 Å². The van der Waals surface area contributed by atoms with Crippen LogP contribution in [0.25, 0.3) is 0 Å². The number of pyridine rings is 1. The van der Waals surface area contributed by atoms with Gasteiger partial charge < -0.3 is 14.6 Å². The monoisotopic (exact) mass is 477 g/mol.